The van der Waals surface area contributed by atoms with Gasteiger partial charge in [0.15, 0.2) is 0 Å². The molecule has 0 bridgehead atoms. The zero-order valence-corrected chi connectivity index (χ0v) is 16.0. The SMILES string of the molecule is C=CCNC(=O)N1CCc2c([nH]c3ccccc23)C1C1CCCCC1(C)O. The number of hydrogen-bond acceptors (Lipinski definition) is 2. The van der Waals surface area contributed by atoms with E-state index in [0.29, 0.717) is 13.1 Å². The normalized spacial score (nSPS) is 28.0. The first kappa shape index (κ1) is 18.1. The van der Waals surface area contributed by atoms with Crippen molar-refractivity contribution < 1.29 is 9.90 Å². The standard InChI is InChI=1S/C22H29N3O2/c1-3-13-23-21(26)25-14-11-16-15-8-4-5-10-18(15)24-19(16)20(25)17-9-6-7-12-22(17,2)27/h3-5,8,10,17,20,24,27H,1,6-7,9,11-14H2,2H3,(H,23,26). The first-order chi connectivity index (χ1) is 13.0. The van der Waals surface area contributed by atoms with Crippen LogP contribution in [0.5, 0.6) is 0 Å². The van der Waals surface area contributed by atoms with Crippen molar-refractivity contribution in [2.24, 2.45) is 5.92 Å². The van der Waals surface area contributed by atoms with Gasteiger partial charge in [-0.1, -0.05) is 37.1 Å². The summed E-state index contributed by atoms with van der Waals surface area (Å²) < 4.78 is 0. The number of para-hydroxylation sites is 1. The van der Waals surface area contributed by atoms with Gasteiger partial charge in [0.25, 0.3) is 0 Å². The number of benzene rings is 1. The summed E-state index contributed by atoms with van der Waals surface area (Å²) >= 11 is 0. The molecule has 1 fully saturated rings. The second kappa shape index (κ2) is 7.04. The number of urea groups is 1. The summed E-state index contributed by atoms with van der Waals surface area (Å²) in [4.78, 5) is 18.4. The Balaban J connectivity index is 1.80. The van der Waals surface area contributed by atoms with Crippen LogP contribution in [0.1, 0.15) is 49.9 Å². The molecule has 5 heteroatoms. The van der Waals surface area contributed by atoms with Crippen molar-refractivity contribution in [3.63, 3.8) is 0 Å². The fraction of sp³-hybridized carbons (Fsp3) is 0.500. The third-order valence-corrected chi connectivity index (χ3v) is 6.37. The van der Waals surface area contributed by atoms with E-state index in [1.807, 2.05) is 17.9 Å². The zero-order valence-electron chi connectivity index (χ0n) is 16.0. The van der Waals surface area contributed by atoms with Crippen LogP contribution in [0.3, 0.4) is 0 Å². The van der Waals surface area contributed by atoms with Crippen molar-refractivity contribution in [3.05, 3.63) is 48.2 Å². The predicted octanol–water partition coefficient (Wildman–Crippen LogP) is 3.90. The van der Waals surface area contributed by atoms with Crippen LogP contribution in [-0.4, -0.2) is 39.7 Å². The monoisotopic (exact) mass is 367 g/mol. The Morgan fingerprint density at radius 2 is 2.26 bits per heavy atom. The number of carbonyl (C=O) groups is 1. The Kier molecular flexibility index (Phi) is 4.72. The summed E-state index contributed by atoms with van der Waals surface area (Å²) in [5, 5.41) is 15.3. The molecule has 2 aromatic rings. The van der Waals surface area contributed by atoms with Gasteiger partial charge >= 0.3 is 6.03 Å². The summed E-state index contributed by atoms with van der Waals surface area (Å²) in [5.41, 5.74) is 2.73. The maximum absolute atomic E-state index is 12.9. The minimum Gasteiger partial charge on any atom is -0.390 e. The van der Waals surface area contributed by atoms with Gasteiger partial charge in [0, 0.05) is 35.6 Å². The van der Waals surface area contributed by atoms with Crippen molar-refractivity contribution in [1.82, 2.24) is 15.2 Å². The quantitative estimate of drug-likeness (QED) is 0.720. The fourth-order valence-electron chi connectivity index (χ4n) is 5.02. The number of H-pyrrole nitrogens is 1. The van der Waals surface area contributed by atoms with Gasteiger partial charge in [-0.25, -0.2) is 4.79 Å². The molecule has 0 spiro atoms. The van der Waals surface area contributed by atoms with E-state index in [2.05, 4.69) is 35.1 Å². The molecule has 1 aromatic heterocycles. The minimum absolute atomic E-state index is 0.0212. The summed E-state index contributed by atoms with van der Waals surface area (Å²) in [7, 11) is 0. The molecule has 1 aliphatic carbocycles. The highest BCUT2D eigenvalue weighted by Crippen LogP contribution is 2.47. The number of carbonyl (C=O) groups excluding carboxylic acids is 1. The van der Waals surface area contributed by atoms with E-state index in [-0.39, 0.29) is 18.0 Å². The lowest BCUT2D eigenvalue weighted by atomic mass is 9.70. The molecule has 0 saturated heterocycles. The zero-order chi connectivity index (χ0) is 19.0. The van der Waals surface area contributed by atoms with E-state index < -0.39 is 5.60 Å². The average Bonchev–Trinajstić information content (AvgIpc) is 3.04. The van der Waals surface area contributed by atoms with Crippen LogP contribution < -0.4 is 5.32 Å². The summed E-state index contributed by atoms with van der Waals surface area (Å²) in [6.45, 7) is 6.74. The molecule has 2 aliphatic rings. The third kappa shape index (κ3) is 3.14. The lowest BCUT2D eigenvalue weighted by Gasteiger charge is -2.47. The average molecular weight is 367 g/mol. The Labute approximate surface area is 160 Å². The Hall–Kier alpha value is -2.27. The van der Waals surface area contributed by atoms with E-state index in [1.54, 1.807) is 6.08 Å². The lowest BCUT2D eigenvalue weighted by molar-refractivity contribution is -0.0655. The van der Waals surface area contributed by atoms with E-state index in [4.69, 9.17) is 0 Å². The molecule has 0 radical (unpaired) electrons. The van der Waals surface area contributed by atoms with Gasteiger partial charge < -0.3 is 20.3 Å². The molecule has 4 rings (SSSR count). The van der Waals surface area contributed by atoms with Crippen LogP contribution in [0, 0.1) is 5.92 Å². The van der Waals surface area contributed by atoms with Gasteiger partial charge in [-0.2, -0.15) is 0 Å². The molecule has 5 nitrogen and oxygen atoms in total. The highest BCUT2D eigenvalue weighted by molar-refractivity contribution is 5.86. The van der Waals surface area contributed by atoms with Crippen LogP contribution in [0.4, 0.5) is 4.79 Å². The fourth-order valence-corrected chi connectivity index (χ4v) is 5.02. The van der Waals surface area contributed by atoms with Crippen LogP contribution >= 0.6 is 0 Å². The summed E-state index contributed by atoms with van der Waals surface area (Å²) in [5.74, 6) is 0.0212. The number of amides is 2. The third-order valence-electron chi connectivity index (χ3n) is 6.37. The number of nitrogens with one attached hydrogen (secondary N) is 2. The van der Waals surface area contributed by atoms with Gasteiger partial charge in [0.1, 0.15) is 0 Å². The molecule has 3 N–H and O–H groups in total. The highest BCUT2D eigenvalue weighted by Gasteiger charge is 2.46. The first-order valence-corrected chi connectivity index (χ1v) is 10.00. The number of rotatable bonds is 3. The molecule has 27 heavy (non-hydrogen) atoms. The predicted molar refractivity (Wildman–Crippen MR) is 108 cm³/mol. The van der Waals surface area contributed by atoms with E-state index in [1.165, 1.54) is 10.9 Å². The smallest absolute Gasteiger partial charge is 0.318 e. The maximum Gasteiger partial charge on any atom is 0.318 e. The molecule has 1 saturated carbocycles. The van der Waals surface area contributed by atoms with Crippen LogP contribution in [0.15, 0.2) is 36.9 Å². The summed E-state index contributed by atoms with van der Waals surface area (Å²) in [6, 6.07) is 8.11. The van der Waals surface area contributed by atoms with Gasteiger partial charge in [-0.05, 0) is 37.8 Å². The minimum atomic E-state index is -0.772. The Bertz CT molecular complexity index is 854. The number of aromatic amines is 1. The second-order valence-corrected chi connectivity index (χ2v) is 8.14. The molecule has 1 aliphatic heterocycles. The Morgan fingerprint density at radius 3 is 3.04 bits per heavy atom. The van der Waals surface area contributed by atoms with Crippen LogP contribution in [0.25, 0.3) is 10.9 Å². The van der Waals surface area contributed by atoms with E-state index in [9.17, 15) is 9.90 Å². The van der Waals surface area contributed by atoms with Crippen molar-refractivity contribution in [2.75, 3.05) is 13.1 Å². The molecule has 3 unspecified atom stereocenters. The molecular weight excluding hydrogens is 338 g/mol. The highest BCUT2D eigenvalue weighted by atomic mass is 16.3. The second-order valence-electron chi connectivity index (χ2n) is 8.14. The number of nitrogens with zero attached hydrogens (tertiary/aromatic N) is 1. The lowest BCUT2D eigenvalue weighted by Crippen LogP contribution is -2.53. The number of aromatic nitrogens is 1. The van der Waals surface area contributed by atoms with Crippen LogP contribution in [-0.2, 0) is 6.42 Å². The molecule has 144 valence electrons. The van der Waals surface area contributed by atoms with Gasteiger partial charge in [-0.15, -0.1) is 6.58 Å². The topological polar surface area (TPSA) is 68.4 Å². The van der Waals surface area contributed by atoms with Gasteiger partial charge in [0.05, 0.1) is 11.6 Å². The number of fused-ring (bicyclic) bond motifs is 3. The first-order valence-electron chi connectivity index (χ1n) is 10.00. The largest absolute Gasteiger partial charge is 0.390 e. The van der Waals surface area contributed by atoms with Crippen molar-refractivity contribution in [3.8, 4) is 0 Å². The van der Waals surface area contributed by atoms with E-state index >= 15 is 0 Å². The molecule has 3 atom stereocenters. The number of hydrogen-bond donors (Lipinski definition) is 3. The molecular formula is C22H29N3O2. The maximum atomic E-state index is 12.9. The Morgan fingerprint density at radius 1 is 1.44 bits per heavy atom. The van der Waals surface area contributed by atoms with Crippen molar-refractivity contribution in [2.45, 2.75) is 50.7 Å². The molecule has 1 aromatic carbocycles. The van der Waals surface area contributed by atoms with E-state index in [0.717, 1.165) is 43.3 Å². The number of aliphatic hydroxyl groups is 1. The molecule has 2 amide bonds. The molecule has 2 heterocycles. The summed E-state index contributed by atoms with van der Waals surface area (Å²) in [6.07, 6.45) is 6.37. The van der Waals surface area contributed by atoms with Gasteiger partial charge in [0.2, 0.25) is 0 Å². The van der Waals surface area contributed by atoms with Gasteiger partial charge in [-0.3, -0.25) is 0 Å². The van der Waals surface area contributed by atoms with Crippen molar-refractivity contribution in [1.29, 1.82) is 0 Å². The van der Waals surface area contributed by atoms with Crippen LogP contribution in [0.2, 0.25) is 0 Å². The van der Waals surface area contributed by atoms with Crippen molar-refractivity contribution >= 4 is 16.9 Å².